The minimum absolute atomic E-state index is 0.0383. The average molecular weight is 315 g/mol. The van der Waals surface area contributed by atoms with Gasteiger partial charge in [-0.05, 0) is 24.3 Å². The molecule has 1 aromatic rings. The number of rotatable bonds is 5. The number of hydrogen-bond acceptors (Lipinski definition) is 3. The van der Waals surface area contributed by atoms with Crippen LogP contribution in [-0.4, -0.2) is 30.4 Å². The van der Waals surface area contributed by atoms with Gasteiger partial charge in [-0.25, -0.2) is 4.79 Å². The first-order valence-electron chi connectivity index (χ1n) is 8.20. The largest absolute Gasteiger partial charge is 0.445 e. The Labute approximate surface area is 138 Å². The molecule has 4 heteroatoms. The molecule has 1 aliphatic rings. The molecule has 2 rings (SSSR count). The van der Waals surface area contributed by atoms with Crippen LogP contribution in [0.3, 0.4) is 0 Å². The molecule has 0 saturated carbocycles. The Morgan fingerprint density at radius 1 is 1.17 bits per heavy atom. The zero-order valence-electron chi connectivity index (χ0n) is 13.9. The summed E-state index contributed by atoms with van der Waals surface area (Å²) in [7, 11) is 0. The summed E-state index contributed by atoms with van der Waals surface area (Å²) in [5.74, 6) is 0.287. The minimum atomic E-state index is -0.248. The van der Waals surface area contributed by atoms with E-state index in [1.165, 1.54) is 5.57 Å². The molecule has 4 nitrogen and oxygen atoms in total. The smallest absolute Gasteiger partial charge is 0.410 e. The van der Waals surface area contributed by atoms with Crippen LogP contribution >= 0.6 is 0 Å². The summed E-state index contributed by atoms with van der Waals surface area (Å²) < 4.78 is 5.36. The van der Waals surface area contributed by atoms with Crippen molar-refractivity contribution in [2.24, 2.45) is 11.8 Å². The number of amides is 1. The molecule has 1 amide bonds. The summed E-state index contributed by atoms with van der Waals surface area (Å²) in [6.07, 6.45) is 4.65. The van der Waals surface area contributed by atoms with Crippen LogP contribution < -0.4 is 0 Å². The molecular formula is C19H25NO3. The molecule has 0 radical (unpaired) electrons. The van der Waals surface area contributed by atoms with Crippen molar-refractivity contribution in [1.82, 2.24) is 4.90 Å². The molecular weight excluding hydrogens is 290 g/mol. The summed E-state index contributed by atoms with van der Waals surface area (Å²) in [5.41, 5.74) is 2.33. The van der Waals surface area contributed by atoms with Crippen LogP contribution in [0.4, 0.5) is 4.79 Å². The number of carbonyl (C=O) groups is 2. The van der Waals surface area contributed by atoms with E-state index < -0.39 is 0 Å². The average Bonchev–Trinajstić information content (AvgIpc) is 2.60. The van der Waals surface area contributed by atoms with Gasteiger partial charge in [0.15, 0.2) is 0 Å². The molecule has 0 bridgehead atoms. The van der Waals surface area contributed by atoms with E-state index in [0.29, 0.717) is 19.7 Å². The number of piperidine rings is 1. The molecule has 0 aliphatic carbocycles. The zero-order valence-corrected chi connectivity index (χ0v) is 13.9. The van der Waals surface area contributed by atoms with E-state index >= 15 is 0 Å². The monoisotopic (exact) mass is 315 g/mol. The van der Waals surface area contributed by atoms with E-state index in [1.54, 1.807) is 4.90 Å². The van der Waals surface area contributed by atoms with Gasteiger partial charge in [-0.3, -0.25) is 0 Å². The third-order valence-electron chi connectivity index (χ3n) is 4.41. The van der Waals surface area contributed by atoms with Crippen LogP contribution in [0, 0.1) is 11.8 Å². The molecule has 2 atom stereocenters. The molecule has 1 heterocycles. The van der Waals surface area contributed by atoms with Gasteiger partial charge >= 0.3 is 6.09 Å². The third kappa shape index (κ3) is 5.23. The predicted octanol–water partition coefficient (Wildman–Crippen LogP) is 3.82. The van der Waals surface area contributed by atoms with Crippen molar-refractivity contribution < 1.29 is 14.3 Å². The van der Waals surface area contributed by atoms with Crippen molar-refractivity contribution in [3.8, 4) is 0 Å². The highest BCUT2D eigenvalue weighted by molar-refractivity contribution is 5.68. The zero-order chi connectivity index (χ0) is 16.7. The Kier molecular flexibility index (Phi) is 6.39. The number of nitrogens with zero attached hydrogens (tertiary/aromatic N) is 1. The minimum Gasteiger partial charge on any atom is -0.445 e. The van der Waals surface area contributed by atoms with Crippen LogP contribution in [0.5, 0.6) is 0 Å². The van der Waals surface area contributed by atoms with Gasteiger partial charge in [0.2, 0.25) is 0 Å². The van der Waals surface area contributed by atoms with Crippen LogP contribution in [0.1, 0.15) is 32.3 Å². The highest BCUT2D eigenvalue weighted by Gasteiger charge is 2.21. The van der Waals surface area contributed by atoms with Crippen LogP contribution in [0.25, 0.3) is 0 Å². The summed E-state index contributed by atoms with van der Waals surface area (Å²) >= 11 is 0. The van der Waals surface area contributed by atoms with Crippen LogP contribution in [-0.2, 0) is 16.1 Å². The van der Waals surface area contributed by atoms with Crippen molar-refractivity contribution in [1.29, 1.82) is 0 Å². The Hall–Kier alpha value is -2.10. The van der Waals surface area contributed by atoms with E-state index in [-0.39, 0.29) is 17.9 Å². The summed E-state index contributed by atoms with van der Waals surface area (Å²) in [4.78, 5) is 24.7. The first-order chi connectivity index (χ1) is 11.1. The number of carbonyl (C=O) groups excluding carboxylic acids is 2. The lowest BCUT2D eigenvalue weighted by atomic mass is 9.92. The van der Waals surface area contributed by atoms with Crippen LogP contribution in [0.2, 0.25) is 0 Å². The number of allylic oxidation sites excluding steroid dienone is 1. The fraction of sp³-hybridized carbons (Fsp3) is 0.474. The molecule has 0 spiro atoms. The van der Waals surface area contributed by atoms with E-state index in [2.05, 4.69) is 13.0 Å². The first-order valence-corrected chi connectivity index (χ1v) is 8.20. The molecule has 2 unspecified atom stereocenters. The molecule has 0 aromatic heterocycles. The lowest BCUT2D eigenvalue weighted by Crippen LogP contribution is -2.36. The van der Waals surface area contributed by atoms with E-state index in [4.69, 9.17) is 4.74 Å². The lowest BCUT2D eigenvalue weighted by Gasteiger charge is -2.28. The maximum absolute atomic E-state index is 12.1. The third-order valence-corrected chi connectivity index (χ3v) is 4.41. The van der Waals surface area contributed by atoms with Gasteiger partial charge < -0.3 is 14.4 Å². The fourth-order valence-corrected chi connectivity index (χ4v) is 2.60. The van der Waals surface area contributed by atoms with E-state index in [0.717, 1.165) is 24.7 Å². The molecule has 23 heavy (non-hydrogen) atoms. The Bertz CT molecular complexity index is 543. The van der Waals surface area contributed by atoms with Gasteiger partial charge in [-0.15, -0.1) is 0 Å². The second-order valence-electron chi connectivity index (χ2n) is 6.21. The Morgan fingerprint density at radius 3 is 2.43 bits per heavy atom. The number of aldehydes is 1. The maximum Gasteiger partial charge on any atom is 0.410 e. The number of hydrogen-bond donors (Lipinski definition) is 0. The molecule has 0 N–H and O–H groups in total. The lowest BCUT2D eigenvalue weighted by molar-refractivity contribution is -0.111. The van der Waals surface area contributed by atoms with E-state index in [9.17, 15) is 9.59 Å². The highest BCUT2D eigenvalue weighted by atomic mass is 16.6. The van der Waals surface area contributed by atoms with Crippen molar-refractivity contribution in [3.63, 3.8) is 0 Å². The second kappa shape index (κ2) is 8.51. The quantitative estimate of drug-likeness (QED) is 0.613. The van der Waals surface area contributed by atoms with Gasteiger partial charge in [0.25, 0.3) is 0 Å². The number of likely N-dealkylation sites (tertiary alicyclic amines) is 1. The van der Waals surface area contributed by atoms with Crippen molar-refractivity contribution in [2.45, 2.75) is 33.3 Å². The first kappa shape index (κ1) is 17.3. The normalized spacial score (nSPS) is 17.3. The summed E-state index contributed by atoms with van der Waals surface area (Å²) in [6.45, 7) is 5.67. The highest BCUT2D eigenvalue weighted by Crippen LogP contribution is 2.21. The molecule has 1 aromatic carbocycles. The fourth-order valence-electron chi connectivity index (χ4n) is 2.60. The summed E-state index contributed by atoms with van der Waals surface area (Å²) in [6, 6.07) is 9.70. The van der Waals surface area contributed by atoms with Gasteiger partial charge in [0, 0.05) is 19.0 Å². The molecule has 1 aliphatic heterocycles. The predicted molar refractivity (Wildman–Crippen MR) is 89.9 cm³/mol. The maximum atomic E-state index is 12.1. The number of ether oxygens (including phenoxy) is 1. The Morgan fingerprint density at radius 2 is 1.83 bits per heavy atom. The standard InChI is InChI=1S/C19H25NO3/c1-15(16(2)13-21)12-17-8-10-20(11-9-17)19(22)23-14-18-6-4-3-5-7-18/h3-7,12-13,15-16H,8-11,14H2,1-2H3. The molecule has 1 fully saturated rings. The van der Waals surface area contributed by atoms with Gasteiger partial charge in [-0.2, -0.15) is 0 Å². The second-order valence-corrected chi connectivity index (χ2v) is 6.21. The molecule has 1 saturated heterocycles. The van der Waals surface area contributed by atoms with Gasteiger partial charge in [-0.1, -0.05) is 55.8 Å². The van der Waals surface area contributed by atoms with Crippen molar-refractivity contribution in [3.05, 3.63) is 47.5 Å². The number of benzene rings is 1. The van der Waals surface area contributed by atoms with Crippen molar-refractivity contribution in [2.75, 3.05) is 13.1 Å². The van der Waals surface area contributed by atoms with Gasteiger partial charge in [0.05, 0.1) is 0 Å². The topological polar surface area (TPSA) is 46.6 Å². The Balaban J connectivity index is 1.78. The summed E-state index contributed by atoms with van der Waals surface area (Å²) in [5, 5.41) is 0. The van der Waals surface area contributed by atoms with Crippen molar-refractivity contribution >= 4 is 12.4 Å². The molecule has 124 valence electrons. The van der Waals surface area contributed by atoms with Crippen LogP contribution in [0.15, 0.2) is 42.0 Å². The van der Waals surface area contributed by atoms with Gasteiger partial charge in [0.1, 0.15) is 12.9 Å². The SMILES string of the molecule is CC(C=O)C(C)C=C1CCN(C(=O)OCc2ccccc2)CC1. The van der Waals surface area contributed by atoms with E-state index in [1.807, 2.05) is 37.3 Å².